The standard InChI is InChI=1S/C21H28N4S/c1-5-6-14-25(4)19-12-10-18(11-13-19)15-22-24-21(26)23-20-9-7-8-16(2)17(20)3/h7-13,15H,5-6,14H2,1-4H3,(H2,23,24,26). The van der Waals surface area contributed by atoms with E-state index >= 15 is 0 Å². The monoisotopic (exact) mass is 368 g/mol. The first kappa shape index (κ1) is 19.9. The van der Waals surface area contributed by atoms with E-state index < -0.39 is 0 Å². The molecule has 0 unspecified atom stereocenters. The maximum Gasteiger partial charge on any atom is 0.191 e. The van der Waals surface area contributed by atoms with Crippen molar-refractivity contribution in [1.29, 1.82) is 0 Å². The fraction of sp³-hybridized carbons (Fsp3) is 0.333. The van der Waals surface area contributed by atoms with Crippen LogP contribution in [0.2, 0.25) is 0 Å². The second kappa shape index (κ2) is 9.92. The summed E-state index contributed by atoms with van der Waals surface area (Å²) in [5, 5.41) is 7.88. The predicted octanol–water partition coefficient (Wildman–Crippen LogP) is 4.86. The van der Waals surface area contributed by atoms with Crippen LogP contribution in [0.4, 0.5) is 11.4 Å². The second-order valence-electron chi connectivity index (χ2n) is 6.44. The highest BCUT2D eigenvalue weighted by atomic mass is 32.1. The second-order valence-corrected chi connectivity index (χ2v) is 6.85. The quantitative estimate of drug-likeness (QED) is 0.416. The number of hydrogen-bond acceptors (Lipinski definition) is 3. The van der Waals surface area contributed by atoms with Crippen LogP contribution in [0.5, 0.6) is 0 Å². The van der Waals surface area contributed by atoms with Crippen LogP contribution >= 0.6 is 12.2 Å². The van der Waals surface area contributed by atoms with Crippen LogP contribution in [0.25, 0.3) is 0 Å². The summed E-state index contributed by atoms with van der Waals surface area (Å²) in [5.41, 5.74) is 8.52. The van der Waals surface area contributed by atoms with Crippen molar-refractivity contribution in [3.8, 4) is 0 Å². The number of hydrogen-bond donors (Lipinski definition) is 2. The molecule has 0 aliphatic heterocycles. The van der Waals surface area contributed by atoms with Crippen molar-refractivity contribution >= 4 is 34.9 Å². The van der Waals surface area contributed by atoms with Crippen molar-refractivity contribution in [2.24, 2.45) is 5.10 Å². The molecule has 0 saturated carbocycles. The van der Waals surface area contributed by atoms with E-state index in [9.17, 15) is 0 Å². The van der Waals surface area contributed by atoms with E-state index in [4.69, 9.17) is 12.2 Å². The number of benzene rings is 2. The lowest BCUT2D eigenvalue weighted by Crippen LogP contribution is -2.24. The van der Waals surface area contributed by atoms with Crippen LogP contribution in [-0.4, -0.2) is 24.9 Å². The van der Waals surface area contributed by atoms with Gasteiger partial charge in [0, 0.05) is 25.0 Å². The zero-order chi connectivity index (χ0) is 18.9. The minimum Gasteiger partial charge on any atom is -0.375 e. The number of hydrazone groups is 1. The average Bonchev–Trinajstić information content (AvgIpc) is 2.64. The molecule has 0 spiro atoms. The van der Waals surface area contributed by atoms with Crippen LogP contribution in [0, 0.1) is 13.8 Å². The van der Waals surface area contributed by atoms with Gasteiger partial charge in [-0.1, -0.05) is 37.6 Å². The summed E-state index contributed by atoms with van der Waals surface area (Å²) in [7, 11) is 2.12. The molecule has 0 fully saturated rings. The van der Waals surface area contributed by atoms with Gasteiger partial charge in [-0.15, -0.1) is 0 Å². The molecule has 0 bridgehead atoms. The van der Waals surface area contributed by atoms with Crippen molar-refractivity contribution < 1.29 is 0 Å². The molecule has 0 radical (unpaired) electrons. The zero-order valence-corrected chi connectivity index (χ0v) is 16.9. The topological polar surface area (TPSA) is 39.7 Å². The molecule has 4 nitrogen and oxygen atoms in total. The summed E-state index contributed by atoms with van der Waals surface area (Å²) >= 11 is 5.31. The average molecular weight is 369 g/mol. The molecule has 0 aliphatic rings. The van der Waals surface area contributed by atoms with Crippen molar-refractivity contribution in [2.45, 2.75) is 33.6 Å². The van der Waals surface area contributed by atoms with Gasteiger partial charge in [-0.25, -0.2) is 0 Å². The molecule has 5 heteroatoms. The normalized spacial score (nSPS) is 10.8. The van der Waals surface area contributed by atoms with Crippen LogP contribution < -0.4 is 15.6 Å². The van der Waals surface area contributed by atoms with Crippen LogP contribution in [0.3, 0.4) is 0 Å². The Bertz CT molecular complexity index is 753. The summed E-state index contributed by atoms with van der Waals surface area (Å²) in [6, 6.07) is 14.4. The molecular formula is C21H28N4S. The van der Waals surface area contributed by atoms with E-state index in [2.05, 4.69) is 78.9 Å². The van der Waals surface area contributed by atoms with E-state index in [1.54, 1.807) is 6.21 Å². The molecule has 26 heavy (non-hydrogen) atoms. The molecule has 0 heterocycles. The Kier molecular flexibility index (Phi) is 7.60. The Morgan fingerprint density at radius 1 is 1.15 bits per heavy atom. The van der Waals surface area contributed by atoms with E-state index in [1.807, 2.05) is 12.1 Å². The third-order valence-corrected chi connectivity index (χ3v) is 4.61. The van der Waals surface area contributed by atoms with E-state index in [0.717, 1.165) is 17.8 Å². The molecule has 0 atom stereocenters. The highest BCUT2D eigenvalue weighted by molar-refractivity contribution is 7.80. The molecule has 138 valence electrons. The smallest absolute Gasteiger partial charge is 0.191 e. The highest BCUT2D eigenvalue weighted by Crippen LogP contribution is 2.17. The third kappa shape index (κ3) is 5.85. The van der Waals surface area contributed by atoms with Crippen molar-refractivity contribution in [3.63, 3.8) is 0 Å². The van der Waals surface area contributed by atoms with Crippen molar-refractivity contribution in [1.82, 2.24) is 5.43 Å². The summed E-state index contributed by atoms with van der Waals surface area (Å²) in [4.78, 5) is 2.27. The summed E-state index contributed by atoms with van der Waals surface area (Å²) in [5.74, 6) is 0. The van der Waals surface area contributed by atoms with Crippen LogP contribution in [-0.2, 0) is 0 Å². The lowest BCUT2D eigenvalue weighted by atomic mass is 10.1. The van der Waals surface area contributed by atoms with Gasteiger partial charge in [-0.3, -0.25) is 5.43 Å². The fourth-order valence-electron chi connectivity index (χ4n) is 2.54. The van der Waals surface area contributed by atoms with Gasteiger partial charge < -0.3 is 10.2 Å². The maximum atomic E-state index is 5.31. The number of rotatable bonds is 7. The Labute approximate surface area is 162 Å². The summed E-state index contributed by atoms with van der Waals surface area (Å²) in [6.07, 6.45) is 4.18. The van der Waals surface area contributed by atoms with E-state index in [0.29, 0.717) is 5.11 Å². The minimum absolute atomic E-state index is 0.478. The van der Waals surface area contributed by atoms with Gasteiger partial charge in [0.05, 0.1) is 6.21 Å². The van der Waals surface area contributed by atoms with Gasteiger partial charge >= 0.3 is 0 Å². The number of aryl methyl sites for hydroxylation is 1. The molecule has 0 saturated heterocycles. The van der Waals surface area contributed by atoms with Crippen molar-refractivity contribution in [3.05, 3.63) is 59.2 Å². The molecular weight excluding hydrogens is 340 g/mol. The Morgan fingerprint density at radius 2 is 1.88 bits per heavy atom. The van der Waals surface area contributed by atoms with Crippen LogP contribution in [0.1, 0.15) is 36.5 Å². The minimum atomic E-state index is 0.478. The highest BCUT2D eigenvalue weighted by Gasteiger charge is 2.02. The first-order valence-electron chi connectivity index (χ1n) is 8.98. The SMILES string of the molecule is CCCCN(C)c1ccc(C=NNC(=S)Nc2cccc(C)c2C)cc1. The largest absolute Gasteiger partial charge is 0.375 e. The molecule has 0 amide bonds. The fourth-order valence-corrected chi connectivity index (χ4v) is 2.70. The molecule has 0 aromatic heterocycles. The Balaban J connectivity index is 1.87. The number of nitrogens with zero attached hydrogens (tertiary/aromatic N) is 2. The number of nitrogens with one attached hydrogen (secondary N) is 2. The Morgan fingerprint density at radius 3 is 2.58 bits per heavy atom. The number of anilines is 2. The zero-order valence-electron chi connectivity index (χ0n) is 16.0. The van der Waals surface area contributed by atoms with Gasteiger partial charge in [-0.2, -0.15) is 5.10 Å². The predicted molar refractivity (Wildman–Crippen MR) is 117 cm³/mol. The third-order valence-electron chi connectivity index (χ3n) is 4.41. The van der Waals surface area contributed by atoms with Gasteiger partial charge in [0.15, 0.2) is 5.11 Å². The molecule has 0 aliphatic carbocycles. The van der Waals surface area contributed by atoms with E-state index in [-0.39, 0.29) is 0 Å². The van der Waals surface area contributed by atoms with Gasteiger partial charge in [0.25, 0.3) is 0 Å². The lowest BCUT2D eigenvalue weighted by molar-refractivity contribution is 0.767. The van der Waals surface area contributed by atoms with Gasteiger partial charge in [-0.05, 0) is 67.4 Å². The molecule has 2 rings (SSSR count). The number of unbranched alkanes of at least 4 members (excludes halogenated alkanes) is 1. The van der Waals surface area contributed by atoms with Crippen LogP contribution in [0.15, 0.2) is 47.6 Å². The number of thiocarbonyl (C=S) groups is 1. The Hall–Kier alpha value is -2.40. The molecule has 2 N–H and O–H groups in total. The summed E-state index contributed by atoms with van der Waals surface area (Å²) in [6.45, 7) is 7.44. The molecule has 2 aromatic carbocycles. The first-order valence-corrected chi connectivity index (χ1v) is 9.39. The van der Waals surface area contributed by atoms with E-state index in [1.165, 1.54) is 29.7 Å². The lowest BCUT2D eigenvalue weighted by Gasteiger charge is -2.18. The van der Waals surface area contributed by atoms with Crippen molar-refractivity contribution in [2.75, 3.05) is 23.8 Å². The summed E-state index contributed by atoms with van der Waals surface area (Å²) < 4.78 is 0. The van der Waals surface area contributed by atoms with Gasteiger partial charge in [0.2, 0.25) is 0 Å². The first-order chi connectivity index (χ1) is 12.5. The maximum absolute atomic E-state index is 5.31. The molecule has 2 aromatic rings. The van der Waals surface area contributed by atoms with Gasteiger partial charge in [0.1, 0.15) is 0 Å².